The largest absolute Gasteiger partial charge is 0.455 e. The van der Waals surface area contributed by atoms with Crippen LogP contribution in [0.5, 0.6) is 0 Å². The number of anilines is 6. The molecule has 8 nitrogen and oxygen atoms in total. The molecule has 354 valence electrons. The van der Waals surface area contributed by atoms with Gasteiger partial charge in [0.25, 0.3) is 0 Å². The van der Waals surface area contributed by atoms with E-state index >= 15 is 0 Å². The molecule has 0 spiro atoms. The fraction of sp³-hybridized carbons (Fsp3) is 0. The first kappa shape index (κ1) is 42.8. The predicted molar refractivity (Wildman–Crippen MR) is 310 cm³/mol. The molecule has 0 saturated carbocycles. The van der Waals surface area contributed by atoms with E-state index in [4.69, 9.17) is 15.4 Å². The molecule has 0 amide bonds. The van der Waals surface area contributed by atoms with E-state index in [1.54, 1.807) is 0 Å². The number of nitriles is 1. The van der Waals surface area contributed by atoms with Gasteiger partial charge in [0.2, 0.25) is 5.69 Å². The summed E-state index contributed by atoms with van der Waals surface area (Å²) in [6, 6.07) is 85.5. The van der Waals surface area contributed by atoms with Gasteiger partial charge in [0.15, 0.2) is 0 Å². The van der Waals surface area contributed by atoms with Crippen LogP contribution in [0.4, 0.5) is 39.8 Å². The summed E-state index contributed by atoms with van der Waals surface area (Å²) in [5.74, 6) is 0. The highest BCUT2D eigenvalue weighted by Gasteiger charge is 2.27. The Morgan fingerprint density at radius 3 is 1.18 bits per heavy atom. The van der Waals surface area contributed by atoms with Crippen molar-refractivity contribution in [2.24, 2.45) is 0 Å². The van der Waals surface area contributed by atoms with Crippen molar-refractivity contribution in [3.8, 4) is 17.4 Å². The van der Waals surface area contributed by atoms with Crippen molar-refractivity contribution in [3.63, 3.8) is 0 Å². The Bertz CT molecular complexity index is 4510. The van der Waals surface area contributed by atoms with E-state index in [-0.39, 0.29) is 0 Å². The van der Waals surface area contributed by atoms with E-state index in [0.717, 1.165) is 122 Å². The van der Waals surface area contributed by atoms with Crippen molar-refractivity contribution < 1.29 is 8.83 Å². The Kier molecular flexibility index (Phi) is 9.52. The summed E-state index contributed by atoms with van der Waals surface area (Å²) in [5.41, 5.74) is 14.5. The third-order valence-electron chi connectivity index (χ3n) is 14.9. The molecule has 0 saturated heterocycles. The molecule has 4 heterocycles. The molecule has 8 heteroatoms. The SMILES string of the molecule is [C-]#[N+]c1cc(-n2c3ccc(N(c4ccccc4)c4ccccc4)cc3c3c4oc5ccccc5c4ccc32)c(C#N)cc1-n1c2ccc(N(c3ccccc3)c3ccccc3)cc2c2c3oc4ccccc4c3ccc21. The Morgan fingerprint density at radius 1 is 0.368 bits per heavy atom. The number of hydrogen-bond donors (Lipinski definition) is 0. The first-order chi connectivity index (χ1) is 37.6. The van der Waals surface area contributed by atoms with Crippen LogP contribution in [0, 0.1) is 17.9 Å². The Labute approximate surface area is 435 Å². The van der Waals surface area contributed by atoms with E-state index in [2.05, 4.69) is 200 Å². The lowest BCUT2D eigenvalue weighted by Gasteiger charge is -2.25. The molecule has 15 rings (SSSR count). The molecule has 76 heavy (non-hydrogen) atoms. The molecule has 0 aliphatic heterocycles. The van der Waals surface area contributed by atoms with Gasteiger partial charge < -0.3 is 27.8 Å². The zero-order valence-corrected chi connectivity index (χ0v) is 40.6. The van der Waals surface area contributed by atoms with Crippen LogP contribution in [0.25, 0.3) is 104 Å². The number of benzene rings is 11. The lowest BCUT2D eigenvalue weighted by Crippen LogP contribution is -2.09. The highest BCUT2D eigenvalue weighted by atomic mass is 16.3. The quantitative estimate of drug-likeness (QED) is 0.142. The Balaban J connectivity index is 0.991. The summed E-state index contributed by atoms with van der Waals surface area (Å²) in [5, 5.41) is 19.2. The summed E-state index contributed by atoms with van der Waals surface area (Å²) >= 11 is 0. The smallest absolute Gasteiger partial charge is 0.212 e. The van der Waals surface area contributed by atoms with Gasteiger partial charge in [0.1, 0.15) is 28.4 Å². The van der Waals surface area contributed by atoms with Crippen molar-refractivity contribution >= 4 is 127 Å². The first-order valence-corrected chi connectivity index (χ1v) is 25.2. The third-order valence-corrected chi connectivity index (χ3v) is 14.9. The van der Waals surface area contributed by atoms with Gasteiger partial charge in [0, 0.05) is 66.4 Å². The fourth-order valence-corrected chi connectivity index (χ4v) is 11.7. The van der Waals surface area contributed by atoms with Crippen molar-refractivity contribution in [2.75, 3.05) is 9.80 Å². The van der Waals surface area contributed by atoms with Gasteiger partial charge in [-0.2, -0.15) is 5.26 Å². The van der Waals surface area contributed by atoms with Crippen LogP contribution in [0.1, 0.15) is 5.56 Å². The second kappa shape index (κ2) is 16.9. The number of nitrogens with zero attached hydrogens (tertiary/aromatic N) is 6. The average Bonchev–Trinajstić information content (AvgIpc) is 4.30. The average molecular weight is 973 g/mol. The van der Waals surface area contributed by atoms with Gasteiger partial charge >= 0.3 is 0 Å². The second-order valence-electron chi connectivity index (χ2n) is 19.0. The zero-order chi connectivity index (χ0) is 50.4. The second-order valence-corrected chi connectivity index (χ2v) is 19.0. The van der Waals surface area contributed by atoms with E-state index < -0.39 is 0 Å². The van der Waals surface area contributed by atoms with Crippen molar-refractivity contribution in [1.82, 2.24) is 9.13 Å². The standard InChI is InChI=1S/C68H40N6O2/c1-70-56-41-61(73-57-34-30-48(71(44-18-6-2-7-19-44)45-20-8-3-9-21-45)39-54(57)65-59(73)36-32-52-50-26-14-16-28-63(50)75-67(52)65)43(42-69)38-62(56)74-58-35-31-49(72(46-22-10-4-11-23-46)47-24-12-5-13-25-47)40-55(58)66-60(74)37-33-53-51-27-15-17-29-64(51)76-68(53)66/h2-41H. The zero-order valence-electron chi connectivity index (χ0n) is 40.6. The van der Waals surface area contributed by atoms with E-state index in [0.29, 0.717) is 22.6 Å². The van der Waals surface area contributed by atoms with Crippen molar-refractivity contribution in [1.29, 1.82) is 5.26 Å². The van der Waals surface area contributed by atoms with Crippen LogP contribution >= 0.6 is 0 Å². The van der Waals surface area contributed by atoms with Crippen molar-refractivity contribution in [2.45, 2.75) is 0 Å². The van der Waals surface area contributed by atoms with E-state index in [9.17, 15) is 5.26 Å². The van der Waals surface area contributed by atoms with Gasteiger partial charge in [-0.25, -0.2) is 4.85 Å². The summed E-state index contributed by atoms with van der Waals surface area (Å²) in [6.45, 7) is 8.95. The Hall–Kier alpha value is -10.8. The molecule has 0 aliphatic carbocycles. The highest BCUT2D eigenvalue weighted by Crippen LogP contribution is 2.48. The summed E-state index contributed by atoms with van der Waals surface area (Å²) in [6.07, 6.45) is 0. The van der Waals surface area contributed by atoms with E-state index in [1.165, 1.54) is 0 Å². The van der Waals surface area contributed by atoms with Gasteiger partial charge in [-0.1, -0.05) is 109 Å². The molecular weight excluding hydrogens is 933 g/mol. The molecule has 0 atom stereocenters. The highest BCUT2D eigenvalue weighted by molar-refractivity contribution is 6.26. The molecule has 0 radical (unpaired) electrons. The summed E-state index contributed by atoms with van der Waals surface area (Å²) < 4.78 is 17.9. The minimum atomic E-state index is 0.382. The van der Waals surface area contributed by atoms with E-state index in [1.807, 2.05) is 72.8 Å². The normalized spacial score (nSPS) is 11.7. The number of furan rings is 2. The van der Waals surface area contributed by atoms with Gasteiger partial charge in [0.05, 0.1) is 56.3 Å². The van der Waals surface area contributed by atoms with Gasteiger partial charge in [-0.15, -0.1) is 0 Å². The molecule has 11 aromatic carbocycles. The fourth-order valence-electron chi connectivity index (χ4n) is 11.7. The number of aromatic nitrogens is 2. The lowest BCUT2D eigenvalue weighted by atomic mass is 10.1. The number of rotatable bonds is 8. The van der Waals surface area contributed by atoms with Crippen LogP contribution in [0.15, 0.2) is 251 Å². The van der Waals surface area contributed by atoms with Crippen LogP contribution in [-0.2, 0) is 0 Å². The molecule has 0 N–H and O–H groups in total. The summed E-state index contributed by atoms with van der Waals surface area (Å²) in [4.78, 5) is 8.81. The molecule has 0 unspecified atom stereocenters. The molecule has 15 aromatic rings. The molecular formula is C68H40N6O2. The third kappa shape index (κ3) is 6.42. The lowest BCUT2D eigenvalue weighted by molar-refractivity contribution is 0.672. The number of hydrogen-bond acceptors (Lipinski definition) is 5. The Morgan fingerprint density at radius 2 is 0.763 bits per heavy atom. The maximum absolute atomic E-state index is 11.4. The summed E-state index contributed by atoms with van der Waals surface area (Å²) in [7, 11) is 0. The minimum Gasteiger partial charge on any atom is -0.455 e. The van der Waals surface area contributed by atoms with Gasteiger partial charge in [-0.3, -0.25) is 0 Å². The molecule has 0 fully saturated rings. The van der Waals surface area contributed by atoms with Crippen LogP contribution < -0.4 is 9.80 Å². The predicted octanol–water partition coefficient (Wildman–Crippen LogP) is 19.0. The van der Waals surface area contributed by atoms with Crippen LogP contribution in [-0.4, -0.2) is 9.13 Å². The first-order valence-electron chi connectivity index (χ1n) is 25.2. The molecule has 0 bridgehead atoms. The topological polar surface area (TPSA) is 70.8 Å². The van der Waals surface area contributed by atoms with Crippen LogP contribution in [0.2, 0.25) is 0 Å². The number of para-hydroxylation sites is 6. The monoisotopic (exact) mass is 972 g/mol. The molecule has 0 aliphatic rings. The van der Waals surface area contributed by atoms with Gasteiger partial charge in [-0.05, 0) is 133 Å². The maximum atomic E-state index is 11.4. The number of fused-ring (bicyclic) bond motifs is 14. The maximum Gasteiger partial charge on any atom is 0.212 e. The van der Waals surface area contributed by atoms with Crippen molar-refractivity contribution in [3.05, 3.63) is 260 Å². The van der Waals surface area contributed by atoms with Crippen LogP contribution in [0.3, 0.4) is 0 Å². The molecule has 4 aromatic heterocycles. The minimum absolute atomic E-state index is 0.382.